The van der Waals surface area contributed by atoms with Crippen molar-refractivity contribution in [3.63, 3.8) is 0 Å². The van der Waals surface area contributed by atoms with Gasteiger partial charge in [-0.1, -0.05) is 18.5 Å². The number of rotatable bonds is 3. The van der Waals surface area contributed by atoms with E-state index in [2.05, 4.69) is 17.2 Å². The first kappa shape index (κ1) is 11.4. The molecule has 1 fully saturated rings. The van der Waals surface area contributed by atoms with Gasteiger partial charge in [-0.15, -0.1) is 11.3 Å². The van der Waals surface area contributed by atoms with Crippen molar-refractivity contribution in [1.29, 1.82) is 0 Å². The number of aromatic nitrogens is 1. The van der Waals surface area contributed by atoms with Crippen molar-refractivity contribution in [3.8, 4) is 0 Å². The Balaban J connectivity index is 1.74. The van der Waals surface area contributed by atoms with Gasteiger partial charge in [0.15, 0.2) is 0 Å². The topological polar surface area (TPSA) is 24.9 Å². The number of hydrogen-bond acceptors (Lipinski definition) is 3. The minimum absolute atomic E-state index is 0.684. The first-order chi connectivity index (χ1) is 7.24. The molecule has 1 saturated carbocycles. The van der Waals surface area contributed by atoms with E-state index in [-0.39, 0.29) is 0 Å². The number of thiazole rings is 1. The maximum atomic E-state index is 5.83. The van der Waals surface area contributed by atoms with Crippen LogP contribution in [0, 0.1) is 5.92 Å². The number of halogens is 1. The minimum atomic E-state index is 0.684. The Labute approximate surface area is 100 Å². The third-order valence-electron chi connectivity index (χ3n) is 3.08. The van der Waals surface area contributed by atoms with Crippen molar-refractivity contribution in [2.45, 2.75) is 45.2 Å². The fraction of sp³-hybridized carbons (Fsp3) is 0.727. The Kier molecular flexibility index (Phi) is 4.00. The van der Waals surface area contributed by atoms with Crippen LogP contribution in [-0.2, 0) is 6.54 Å². The van der Waals surface area contributed by atoms with Crippen LogP contribution in [0.5, 0.6) is 0 Å². The van der Waals surface area contributed by atoms with Gasteiger partial charge in [0.25, 0.3) is 0 Å². The van der Waals surface area contributed by atoms with Gasteiger partial charge in [0.1, 0.15) is 9.34 Å². The van der Waals surface area contributed by atoms with Gasteiger partial charge in [0, 0.05) is 12.6 Å². The van der Waals surface area contributed by atoms with E-state index in [1.165, 1.54) is 25.7 Å². The Morgan fingerprint density at radius 1 is 1.47 bits per heavy atom. The molecular formula is C11H17ClN2S. The van der Waals surface area contributed by atoms with E-state index in [1.807, 2.05) is 0 Å². The quantitative estimate of drug-likeness (QED) is 0.881. The predicted molar refractivity (Wildman–Crippen MR) is 65.4 cm³/mol. The highest BCUT2D eigenvalue weighted by atomic mass is 35.5. The molecule has 1 aromatic heterocycles. The van der Waals surface area contributed by atoms with E-state index in [9.17, 15) is 0 Å². The molecule has 2 rings (SSSR count). The highest BCUT2D eigenvalue weighted by molar-refractivity contribution is 7.15. The Hall–Kier alpha value is -0.120. The molecule has 0 radical (unpaired) electrons. The second-order valence-electron chi connectivity index (χ2n) is 4.40. The van der Waals surface area contributed by atoms with Gasteiger partial charge in [-0.2, -0.15) is 0 Å². The first-order valence-electron chi connectivity index (χ1n) is 5.57. The minimum Gasteiger partial charge on any atom is -0.308 e. The molecule has 0 aliphatic heterocycles. The van der Waals surface area contributed by atoms with E-state index in [4.69, 9.17) is 11.6 Å². The smallest absolute Gasteiger partial charge is 0.113 e. The summed E-state index contributed by atoms with van der Waals surface area (Å²) in [4.78, 5) is 4.24. The van der Waals surface area contributed by atoms with E-state index < -0.39 is 0 Å². The molecule has 0 aromatic carbocycles. The highest BCUT2D eigenvalue weighted by Gasteiger charge is 2.17. The lowest BCUT2D eigenvalue weighted by molar-refractivity contribution is 0.306. The molecule has 1 heterocycles. The van der Waals surface area contributed by atoms with Crippen LogP contribution in [-0.4, -0.2) is 11.0 Å². The lowest BCUT2D eigenvalue weighted by Gasteiger charge is -2.26. The Morgan fingerprint density at radius 2 is 2.20 bits per heavy atom. The predicted octanol–water partition coefficient (Wildman–Crippen LogP) is 3.46. The summed E-state index contributed by atoms with van der Waals surface area (Å²) in [5.74, 6) is 0.914. The van der Waals surface area contributed by atoms with Crippen molar-refractivity contribution in [3.05, 3.63) is 15.5 Å². The summed E-state index contributed by atoms with van der Waals surface area (Å²) in [7, 11) is 0. The lowest BCUT2D eigenvalue weighted by atomic mass is 9.87. The van der Waals surface area contributed by atoms with Crippen LogP contribution < -0.4 is 5.32 Å². The summed E-state index contributed by atoms with van der Waals surface area (Å²) in [5.41, 5.74) is 0. The monoisotopic (exact) mass is 244 g/mol. The van der Waals surface area contributed by atoms with Crippen molar-refractivity contribution >= 4 is 22.9 Å². The van der Waals surface area contributed by atoms with Crippen LogP contribution in [0.3, 0.4) is 0 Å². The standard InChI is InChI=1S/C11H17ClN2S/c1-8-2-4-9(5-3-8)13-7-11-14-6-10(12)15-11/h6,8-9,13H,2-5,7H2,1H3. The summed E-state index contributed by atoms with van der Waals surface area (Å²) >= 11 is 7.40. The molecule has 0 saturated heterocycles. The fourth-order valence-electron chi connectivity index (χ4n) is 2.07. The second-order valence-corrected chi connectivity index (χ2v) is 6.14. The summed E-state index contributed by atoms with van der Waals surface area (Å²) in [6, 6.07) is 0.684. The molecule has 15 heavy (non-hydrogen) atoms. The fourth-order valence-corrected chi connectivity index (χ4v) is 2.97. The molecule has 1 aliphatic rings. The lowest BCUT2D eigenvalue weighted by Crippen LogP contribution is -2.32. The number of nitrogens with zero attached hydrogens (tertiary/aromatic N) is 1. The average molecular weight is 245 g/mol. The van der Waals surface area contributed by atoms with Crippen LogP contribution >= 0.6 is 22.9 Å². The SMILES string of the molecule is CC1CCC(NCc2ncc(Cl)s2)CC1. The third-order valence-corrected chi connectivity index (χ3v) is 4.20. The molecule has 84 valence electrons. The Morgan fingerprint density at radius 3 is 2.80 bits per heavy atom. The van der Waals surface area contributed by atoms with Crippen LogP contribution in [0.2, 0.25) is 4.34 Å². The maximum Gasteiger partial charge on any atom is 0.113 e. The van der Waals surface area contributed by atoms with E-state index >= 15 is 0 Å². The molecule has 1 aliphatic carbocycles. The van der Waals surface area contributed by atoms with Gasteiger partial charge in [-0.3, -0.25) is 0 Å². The molecule has 1 aromatic rings. The van der Waals surface area contributed by atoms with Crippen LogP contribution in [0.1, 0.15) is 37.6 Å². The summed E-state index contributed by atoms with van der Waals surface area (Å²) in [5, 5.41) is 4.66. The zero-order valence-electron chi connectivity index (χ0n) is 9.00. The average Bonchev–Trinajstić information content (AvgIpc) is 2.64. The van der Waals surface area contributed by atoms with Gasteiger partial charge < -0.3 is 5.32 Å². The van der Waals surface area contributed by atoms with Crippen LogP contribution in [0.15, 0.2) is 6.20 Å². The maximum absolute atomic E-state index is 5.83. The van der Waals surface area contributed by atoms with E-state index in [0.717, 1.165) is 21.8 Å². The summed E-state index contributed by atoms with van der Waals surface area (Å²) in [6.45, 7) is 3.22. The Bertz CT molecular complexity index is 305. The first-order valence-corrected chi connectivity index (χ1v) is 6.77. The van der Waals surface area contributed by atoms with Crippen LogP contribution in [0.25, 0.3) is 0 Å². The molecule has 0 bridgehead atoms. The van der Waals surface area contributed by atoms with Gasteiger partial charge in [0.05, 0.1) is 6.20 Å². The molecule has 0 spiro atoms. The van der Waals surface area contributed by atoms with E-state index in [1.54, 1.807) is 17.5 Å². The van der Waals surface area contributed by atoms with Gasteiger partial charge in [0.2, 0.25) is 0 Å². The van der Waals surface area contributed by atoms with Gasteiger partial charge in [-0.05, 0) is 31.6 Å². The number of hydrogen-bond donors (Lipinski definition) is 1. The van der Waals surface area contributed by atoms with Crippen molar-refractivity contribution < 1.29 is 0 Å². The number of nitrogens with one attached hydrogen (secondary N) is 1. The van der Waals surface area contributed by atoms with E-state index in [0.29, 0.717) is 6.04 Å². The molecule has 0 atom stereocenters. The van der Waals surface area contributed by atoms with Crippen LogP contribution in [0.4, 0.5) is 0 Å². The van der Waals surface area contributed by atoms with Crippen molar-refractivity contribution in [1.82, 2.24) is 10.3 Å². The molecular weight excluding hydrogens is 228 g/mol. The van der Waals surface area contributed by atoms with Gasteiger partial charge >= 0.3 is 0 Å². The van der Waals surface area contributed by atoms with Crippen molar-refractivity contribution in [2.24, 2.45) is 5.92 Å². The highest BCUT2D eigenvalue weighted by Crippen LogP contribution is 2.24. The molecule has 1 N–H and O–H groups in total. The molecule has 0 amide bonds. The largest absolute Gasteiger partial charge is 0.308 e. The zero-order valence-corrected chi connectivity index (χ0v) is 10.6. The van der Waals surface area contributed by atoms with Gasteiger partial charge in [-0.25, -0.2) is 4.98 Å². The molecule has 4 heteroatoms. The molecule has 2 nitrogen and oxygen atoms in total. The normalized spacial score (nSPS) is 26.8. The third kappa shape index (κ3) is 3.44. The summed E-state index contributed by atoms with van der Waals surface area (Å²) in [6.07, 6.45) is 7.05. The van der Waals surface area contributed by atoms with Crippen molar-refractivity contribution in [2.75, 3.05) is 0 Å². The zero-order chi connectivity index (χ0) is 10.7. The molecule has 0 unspecified atom stereocenters. The summed E-state index contributed by atoms with van der Waals surface area (Å²) < 4.78 is 0.782. The second kappa shape index (κ2) is 5.28.